The van der Waals surface area contributed by atoms with Crippen LogP contribution in [0.2, 0.25) is 0 Å². The molecule has 0 saturated heterocycles. The summed E-state index contributed by atoms with van der Waals surface area (Å²) in [5.41, 5.74) is 5.50. The van der Waals surface area contributed by atoms with Crippen LogP contribution in [0.25, 0.3) is 0 Å². The monoisotopic (exact) mass is 280 g/mol. The SMILES string of the molecule is CCc1cnccc1C(NC)c1ccc(C2CCC2)cc1. The Hall–Kier alpha value is -1.67. The van der Waals surface area contributed by atoms with Crippen molar-refractivity contribution in [1.29, 1.82) is 0 Å². The van der Waals surface area contributed by atoms with E-state index in [1.165, 1.54) is 41.5 Å². The van der Waals surface area contributed by atoms with Crippen LogP contribution >= 0.6 is 0 Å². The predicted octanol–water partition coefficient (Wildman–Crippen LogP) is 4.22. The van der Waals surface area contributed by atoms with Crippen LogP contribution < -0.4 is 5.32 Å². The zero-order valence-electron chi connectivity index (χ0n) is 13.0. The van der Waals surface area contributed by atoms with E-state index in [2.05, 4.69) is 47.6 Å². The number of aromatic nitrogens is 1. The molecule has 1 aromatic heterocycles. The molecule has 2 nitrogen and oxygen atoms in total. The second kappa shape index (κ2) is 6.40. The molecule has 1 saturated carbocycles. The normalized spacial score (nSPS) is 16.5. The minimum atomic E-state index is 0.249. The number of rotatable bonds is 5. The molecule has 0 radical (unpaired) electrons. The van der Waals surface area contributed by atoms with Gasteiger partial charge in [-0.15, -0.1) is 0 Å². The fourth-order valence-corrected chi connectivity index (χ4v) is 3.22. The van der Waals surface area contributed by atoms with Gasteiger partial charge in [0, 0.05) is 12.4 Å². The van der Waals surface area contributed by atoms with E-state index in [1.807, 2.05) is 19.4 Å². The molecular weight excluding hydrogens is 256 g/mol. The maximum Gasteiger partial charge on any atom is 0.0578 e. The third kappa shape index (κ3) is 2.86. The van der Waals surface area contributed by atoms with Crippen molar-refractivity contribution in [2.45, 2.75) is 44.6 Å². The molecule has 0 amide bonds. The third-order valence-corrected chi connectivity index (χ3v) is 4.77. The number of hydrogen-bond acceptors (Lipinski definition) is 2. The van der Waals surface area contributed by atoms with Crippen LogP contribution in [0.5, 0.6) is 0 Å². The van der Waals surface area contributed by atoms with Gasteiger partial charge < -0.3 is 5.32 Å². The lowest BCUT2D eigenvalue weighted by molar-refractivity contribution is 0.419. The molecule has 1 atom stereocenters. The summed E-state index contributed by atoms with van der Waals surface area (Å²) in [5, 5.41) is 3.46. The average molecular weight is 280 g/mol. The van der Waals surface area contributed by atoms with E-state index in [4.69, 9.17) is 0 Å². The van der Waals surface area contributed by atoms with Crippen LogP contribution in [-0.4, -0.2) is 12.0 Å². The maximum absolute atomic E-state index is 4.25. The summed E-state index contributed by atoms with van der Waals surface area (Å²) < 4.78 is 0. The maximum atomic E-state index is 4.25. The van der Waals surface area contributed by atoms with E-state index in [0.717, 1.165) is 12.3 Å². The number of nitrogens with zero attached hydrogens (tertiary/aromatic N) is 1. The fourth-order valence-electron chi connectivity index (χ4n) is 3.22. The predicted molar refractivity (Wildman–Crippen MR) is 87.6 cm³/mol. The average Bonchev–Trinajstić information content (AvgIpc) is 2.48. The van der Waals surface area contributed by atoms with Crippen molar-refractivity contribution in [3.63, 3.8) is 0 Å². The van der Waals surface area contributed by atoms with Crippen LogP contribution in [0.4, 0.5) is 0 Å². The quantitative estimate of drug-likeness (QED) is 0.887. The molecule has 0 bridgehead atoms. The van der Waals surface area contributed by atoms with Gasteiger partial charge in [0.15, 0.2) is 0 Å². The molecule has 21 heavy (non-hydrogen) atoms. The molecular formula is C19H24N2. The van der Waals surface area contributed by atoms with Gasteiger partial charge in [0.2, 0.25) is 0 Å². The number of pyridine rings is 1. The Labute approximate surface area is 127 Å². The largest absolute Gasteiger partial charge is 0.309 e. The molecule has 1 aliphatic carbocycles. The minimum absolute atomic E-state index is 0.249. The topological polar surface area (TPSA) is 24.9 Å². The van der Waals surface area contributed by atoms with Gasteiger partial charge in [0.05, 0.1) is 6.04 Å². The second-order valence-corrected chi connectivity index (χ2v) is 5.94. The second-order valence-electron chi connectivity index (χ2n) is 5.94. The first-order valence-electron chi connectivity index (χ1n) is 8.03. The summed E-state index contributed by atoms with van der Waals surface area (Å²) in [6.07, 6.45) is 9.01. The van der Waals surface area contributed by atoms with E-state index in [9.17, 15) is 0 Å². The molecule has 0 aliphatic heterocycles. The first kappa shape index (κ1) is 14.3. The Kier molecular flexibility index (Phi) is 4.35. The van der Waals surface area contributed by atoms with Crippen LogP contribution in [0, 0.1) is 0 Å². The van der Waals surface area contributed by atoms with Gasteiger partial charge in [-0.2, -0.15) is 0 Å². The van der Waals surface area contributed by atoms with Gasteiger partial charge in [-0.05, 0) is 60.5 Å². The highest BCUT2D eigenvalue weighted by molar-refractivity contribution is 5.37. The molecule has 2 heteroatoms. The zero-order chi connectivity index (χ0) is 14.7. The standard InChI is InChI=1S/C19H24N2/c1-3-14-13-21-12-11-18(14)19(20-2)17-9-7-16(8-10-17)15-5-4-6-15/h7-13,15,19-20H,3-6H2,1-2H3. The minimum Gasteiger partial charge on any atom is -0.309 e. The van der Waals surface area contributed by atoms with Gasteiger partial charge in [0.1, 0.15) is 0 Å². The smallest absolute Gasteiger partial charge is 0.0578 e. The van der Waals surface area contributed by atoms with Crippen molar-refractivity contribution in [3.05, 3.63) is 65.0 Å². The molecule has 1 aromatic carbocycles. The first-order valence-corrected chi connectivity index (χ1v) is 8.03. The Morgan fingerprint density at radius 2 is 1.95 bits per heavy atom. The van der Waals surface area contributed by atoms with Crippen molar-refractivity contribution in [2.24, 2.45) is 0 Å². The van der Waals surface area contributed by atoms with E-state index in [1.54, 1.807) is 0 Å². The highest BCUT2D eigenvalue weighted by Gasteiger charge is 2.20. The number of nitrogens with one attached hydrogen (secondary N) is 1. The Morgan fingerprint density at radius 1 is 1.19 bits per heavy atom. The summed E-state index contributed by atoms with van der Waals surface area (Å²) in [7, 11) is 2.03. The zero-order valence-corrected chi connectivity index (χ0v) is 13.0. The summed E-state index contributed by atoms with van der Waals surface area (Å²) in [6, 6.07) is 11.6. The summed E-state index contributed by atoms with van der Waals surface area (Å²) >= 11 is 0. The summed E-state index contributed by atoms with van der Waals surface area (Å²) in [6.45, 7) is 2.19. The van der Waals surface area contributed by atoms with E-state index in [0.29, 0.717) is 0 Å². The van der Waals surface area contributed by atoms with E-state index in [-0.39, 0.29) is 6.04 Å². The lowest BCUT2D eigenvalue weighted by atomic mass is 9.79. The molecule has 3 rings (SSSR count). The third-order valence-electron chi connectivity index (χ3n) is 4.77. The van der Waals surface area contributed by atoms with Gasteiger partial charge in [0.25, 0.3) is 0 Å². The van der Waals surface area contributed by atoms with Gasteiger partial charge in [-0.1, -0.05) is 37.6 Å². The summed E-state index contributed by atoms with van der Waals surface area (Å²) in [4.78, 5) is 4.25. The molecule has 0 spiro atoms. The Balaban J connectivity index is 1.88. The van der Waals surface area contributed by atoms with Gasteiger partial charge in [-0.25, -0.2) is 0 Å². The van der Waals surface area contributed by atoms with E-state index < -0.39 is 0 Å². The van der Waals surface area contributed by atoms with Crippen molar-refractivity contribution < 1.29 is 0 Å². The van der Waals surface area contributed by atoms with Gasteiger partial charge >= 0.3 is 0 Å². The van der Waals surface area contributed by atoms with Crippen LogP contribution in [0.3, 0.4) is 0 Å². The highest BCUT2D eigenvalue weighted by atomic mass is 14.9. The first-order chi connectivity index (χ1) is 10.3. The van der Waals surface area contributed by atoms with Gasteiger partial charge in [-0.3, -0.25) is 4.98 Å². The number of hydrogen-bond donors (Lipinski definition) is 1. The van der Waals surface area contributed by atoms with Crippen molar-refractivity contribution >= 4 is 0 Å². The molecule has 1 heterocycles. The van der Waals surface area contributed by atoms with Crippen LogP contribution in [-0.2, 0) is 6.42 Å². The van der Waals surface area contributed by atoms with E-state index >= 15 is 0 Å². The summed E-state index contributed by atoms with van der Waals surface area (Å²) in [5.74, 6) is 0.805. The van der Waals surface area contributed by atoms with Crippen LogP contribution in [0.1, 0.15) is 60.4 Å². The molecule has 110 valence electrons. The molecule has 2 aromatic rings. The molecule has 1 aliphatic rings. The molecule has 1 unspecified atom stereocenters. The fraction of sp³-hybridized carbons (Fsp3) is 0.421. The number of benzene rings is 1. The lowest BCUT2D eigenvalue weighted by Gasteiger charge is -2.26. The van der Waals surface area contributed by atoms with Crippen molar-refractivity contribution in [3.8, 4) is 0 Å². The number of aryl methyl sites for hydroxylation is 1. The molecule has 1 N–H and O–H groups in total. The molecule has 1 fully saturated rings. The Bertz CT molecular complexity index is 585. The van der Waals surface area contributed by atoms with Crippen LogP contribution in [0.15, 0.2) is 42.7 Å². The van der Waals surface area contributed by atoms with Crippen molar-refractivity contribution in [2.75, 3.05) is 7.05 Å². The lowest BCUT2D eigenvalue weighted by Crippen LogP contribution is -2.19. The highest BCUT2D eigenvalue weighted by Crippen LogP contribution is 2.37. The van der Waals surface area contributed by atoms with Crippen molar-refractivity contribution in [1.82, 2.24) is 10.3 Å². The Morgan fingerprint density at radius 3 is 2.52 bits per heavy atom.